The van der Waals surface area contributed by atoms with E-state index in [1.165, 1.54) is 11.3 Å². The zero-order chi connectivity index (χ0) is 9.31. The summed E-state index contributed by atoms with van der Waals surface area (Å²) in [5, 5.41) is 1.94. The maximum absolute atomic E-state index is 12.0. The molecule has 13 heavy (non-hydrogen) atoms. The lowest BCUT2D eigenvalue weighted by molar-refractivity contribution is 0.0641. The molecule has 1 heterocycles. The van der Waals surface area contributed by atoms with Gasteiger partial charge in [0.1, 0.15) is 0 Å². The molecule has 1 aliphatic rings. The van der Waals surface area contributed by atoms with E-state index in [1.54, 1.807) is 0 Å². The summed E-state index contributed by atoms with van der Waals surface area (Å²) >= 11 is 1.52. The highest BCUT2D eigenvalue weighted by Crippen LogP contribution is 2.43. The first-order chi connectivity index (χ1) is 6.28. The lowest BCUT2D eigenvalue weighted by Gasteiger charge is -2.38. The van der Waals surface area contributed by atoms with Crippen LogP contribution in [0.15, 0.2) is 17.5 Å². The predicted molar refractivity (Wildman–Crippen MR) is 54.0 cm³/mol. The fourth-order valence-corrected chi connectivity index (χ4v) is 2.58. The lowest BCUT2D eigenvalue weighted by atomic mass is 9.66. The van der Waals surface area contributed by atoms with E-state index in [-0.39, 0.29) is 11.2 Å². The fourth-order valence-electron chi connectivity index (χ4n) is 1.80. The Hall–Kier alpha value is -0.670. The summed E-state index contributed by atoms with van der Waals surface area (Å²) < 4.78 is 0. The fraction of sp³-hybridized carbons (Fsp3) is 0.500. The van der Waals surface area contributed by atoms with Crippen molar-refractivity contribution in [2.45, 2.75) is 19.3 Å². The molecule has 1 saturated carbocycles. The number of nitrogens with two attached hydrogens (primary N) is 1. The van der Waals surface area contributed by atoms with Crippen LogP contribution < -0.4 is 5.73 Å². The van der Waals surface area contributed by atoms with Gasteiger partial charge in [-0.1, -0.05) is 12.5 Å². The molecular formula is C10H13NOS. The molecule has 0 atom stereocenters. The van der Waals surface area contributed by atoms with Gasteiger partial charge < -0.3 is 5.73 Å². The predicted octanol–water partition coefficient (Wildman–Crippen LogP) is 2.06. The van der Waals surface area contributed by atoms with Gasteiger partial charge in [0.25, 0.3) is 0 Å². The highest BCUT2D eigenvalue weighted by Gasteiger charge is 2.43. The quantitative estimate of drug-likeness (QED) is 0.750. The third kappa shape index (κ3) is 1.32. The lowest BCUT2D eigenvalue weighted by Crippen LogP contribution is -2.44. The average Bonchev–Trinajstić information content (AvgIpc) is 2.54. The number of thiophene rings is 1. The average molecular weight is 195 g/mol. The molecule has 2 N–H and O–H groups in total. The number of hydrogen-bond donors (Lipinski definition) is 1. The van der Waals surface area contributed by atoms with E-state index < -0.39 is 0 Å². The molecule has 0 radical (unpaired) electrons. The molecular weight excluding hydrogens is 182 g/mol. The molecule has 3 heteroatoms. The first kappa shape index (κ1) is 8.91. The Balaban J connectivity index is 2.21. The number of Topliss-reactive ketones (excluding diaryl/α,β-unsaturated/α-hetero) is 1. The Morgan fingerprint density at radius 1 is 1.62 bits per heavy atom. The Bertz CT molecular complexity index is 295. The zero-order valence-electron chi connectivity index (χ0n) is 7.45. The standard InChI is InChI=1S/C10H13NOS/c11-7-10(4-2-5-10)9(12)8-3-1-6-13-8/h1,3,6H,2,4-5,7,11H2. The van der Waals surface area contributed by atoms with Gasteiger partial charge in [-0.3, -0.25) is 4.79 Å². The van der Waals surface area contributed by atoms with Crippen LogP contribution in [0.5, 0.6) is 0 Å². The molecule has 1 aromatic heterocycles. The smallest absolute Gasteiger partial charge is 0.180 e. The summed E-state index contributed by atoms with van der Waals surface area (Å²) in [6.45, 7) is 0.504. The van der Waals surface area contributed by atoms with Crippen molar-refractivity contribution in [1.29, 1.82) is 0 Å². The monoisotopic (exact) mass is 195 g/mol. The van der Waals surface area contributed by atoms with Crippen molar-refractivity contribution in [3.05, 3.63) is 22.4 Å². The molecule has 2 rings (SSSR count). The molecule has 1 aromatic rings. The Labute approximate surface area is 81.8 Å². The topological polar surface area (TPSA) is 43.1 Å². The van der Waals surface area contributed by atoms with Gasteiger partial charge in [-0.25, -0.2) is 0 Å². The molecule has 0 aromatic carbocycles. The van der Waals surface area contributed by atoms with Crippen molar-refractivity contribution in [1.82, 2.24) is 0 Å². The van der Waals surface area contributed by atoms with E-state index in [4.69, 9.17) is 5.73 Å². The Morgan fingerprint density at radius 3 is 2.77 bits per heavy atom. The normalized spacial score (nSPS) is 19.5. The molecule has 0 saturated heterocycles. The number of ketones is 1. The maximum atomic E-state index is 12.0. The number of hydrogen-bond acceptors (Lipinski definition) is 3. The van der Waals surface area contributed by atoms with E-state index in [1.807, 2.05) is 17.5 Å². The zero-order valence-corrected chi connectivity index (χ0v) is 8.27. The highest BCUT2D eigenvalue weighted by atomic mass is 32.1. The van der Waals surface area contributed by atoms with Gasteiger partial charge in [0.05, 0.1) is 4.88 Å². The third-order valence-corrected chi connectivity index (χ3v) is 3.80. The second-order valence-electron chi connectivity index (χ2n) is 3.64. The van der Waals surface area contributed by atoms with Crippen molar-refractivity contribution in [2.24, 2.45) is 11.1 Å². The number of rotatable bonds is 3. The molecule has 0 aliphatic heterocycles. The molecule has 0 unspecified atom stereocenters. The SMILES string of the molecule is NCC1(C(=O)c2cccs2)CCC1. The van der Waals surface area contributed by atoms with E-state index in [9.17, 15) is 4.79 Å². The number of carbonyl (C=O) groups excluding carboxylic acids is 1. The first-order valence-corrected chi connectivity index (χ1v) is 5.45. The largest absolute Gasteiger partial charge is 0.329 e. The van der Waals surface area contributed by atoms with Gasteiger partial charge in [-0.2, -0.15) is 0 Å². The van der Waals surface area contributed by atoms with Crippen LogP contribution in [-0.4, -0.2) is 12.3 Å². The van der Waals surface area contributed by atoms with Gasteiger partial charge in [-0.05, 0) is 24.3 Å². The van der Waals surface area contributed by atoms with Gasteiger partial charge in [0.2, 0.25) is 0 Å². The minimum Gasteiger partial charge on any atom is -0.329 e. The van der Waals surface area contributed by atoms with Crippen molar-refractivity contribution in [2.75, 3.05) is 6.54 Å². The maximum Gasteiger partial charge on any atom is 0.180 e. The van der Waals surface area contributed by atoms with Crippen LogP contribution in [0.25, 0.3) is 0 Å². The van der Waals surface area contributed by atoms with Gasteiger partial charge in [0, 0.05) is 12.0 Å². The molecule has 0 spiro atoms. The number of carbonyl (C=O) groups is 1. The summed E-state index contributed by atoms with van der Waals surface area (Å²) in [4.78, 5) is 12.8. The third-order valence-electron chi connectivity index (χ3n) is 2.93. The van der Waals surface area contributed by atoms with Crippen LogP contribution in [0.1, 0.15) is 28.9 Å². The van der Waals surface area contributed by atoms with Crippen molar-refractivity contribution in [3.63, 3.8) is 0 Å². The van der Waals surface area contributed by atoms with Gasteiger partial charge in [-0.15, -0.1) is 11.3 Å². The van der Waals surface area contributed by atoms with Crippen molar-refractivity contribution in [3.8, 4) is 0 Å². The minimum atomic E-state index is -0.204. The van der Waals surface area contributed by atoms with Gasteiger partial charge in [0.15, 0.2) is 5.78 Å². The van der Waals surface area contributed by atoms with Crippen LogP contribution in [0.3, 0.4) is 0 Å². The van der Waals surface area contributed by atoms with Crippen LogP contribution in [0.4, 0.5) is 0 Å². The van der Waals surface area contributed by atoms with Crippen molar-refractivity contribution >= 4 is 17.1 Å². The van der Waals surface area contributed by atoms with E-state index >= 15 is 0 Å². The summed E-state index contributed by atoms with van der Waals surface area (Å²) in [7, 11) is 0. The molecule has 0 amide bonds. The van der Waals surface area contributed by atoms with Crippen molar-refractivity contribution < 1.29 is 4.79 Å². The minimum absolute atomic E-state index is 0.204. The van der Waals surface area contributed by atoms with Crippen LogP contribution >= 0.6 is 11.3 Å². The van der Waals surface area contributed by atoms with Crippen LogP contribution in [0, 0.1) is 5.41 Å². The summed E-state index contributed by atoms with van der Waals surface area (Å²) in [5.74, 6) is 0.260. The Kier molecular flexibility index (Phi) is 2.22. The molecule has 2 nitrogen and oxygen atoms in total. The summed E-state index contributed by atoms with van der Waals surface area (Å²) in [5.41, 5.74) is 5.46. The van der Waals surface area contributed by atoms with E-state index in [0.29, 0.717) is 6.54 Å². The molecule has 1 aliphatic carbocycles. The molecule has 70 valence electrons. The van der Waals surface area contributed by atoms with Crippen LogP contribution in [0.2, 0.25) is 0 Å². The van der Waals surface area contributed by atoms with E-state index in [0.717, 1.165) is 24.1 Å². The summed E-state index contributed by atoms with van der Waals surface area (Å²) in [6, 6.07) is 3.81. The first-order valence-electron chi connectivity index (χ1n) is 4.57. The Morgan fingerprint density at radius 2 is 2.38 bits per heavy atom. The highest BCUT2D eigenvalue weighted by molar-refractivity contribution is 7.12. The molecule has 0 bridgehead atoms. The van der Waals surface area contributed by atoms with E-state index in [2.05, 4.69) is 0 Å². The molecule has 1 fully saturated rings. The second-order valence-corrected chi connectivity index (χ2v) is 4.59. The second kappa shape index (κ2) is 3.24. The van der Waals surface area contributed by atoms with Gasteiger partial charge >= 0.3 is 0 Å². The van der Waals surface area contributed by atoms with Crippen LogP contribution in [-0.2, 0) is 0 Å². The summed E-state index contributed by atoms with van der Waals surface area (Å²) in [6.07, 6.45) is 3.09.